The van der Waals surface area contributed by atoms with Crippen LogP contribution in [0.25, 0.3) is 0 Å². The summed E-state index contributed by atoms with van der Waals surface area (Å²) in [6.07, 6.45) is 3.54. The second-order valence-electron chi connectivity index (χ2n) is 8.19. The quantitative estimate of drug-likeness (QED) is 0.724. The molecule has 1 aromatic heterocycles. The van der Waals surface area contributed by atoms with Crippen LogP contribution in [0.1, 0.15) is 42.2 Å². The third-order valence-corrected chi connectivity index (χ3v) is 6.07. The second kappa shape index (κ2) is 9.35. The Morgan fingerprint density at radius 3 is 2.55 bits per heavy atom. The van der Waals surface area contributed by atoms with Crippen molar-refractivity contribution in [3.05, 3.63) is 53.7 Å². The number of aromatic nitrogens is 2. The van der Waals surface area contributed by atoms with Gasteiger partial charge >= 0.3 is 0 Å². The van der Waals surface area contributed by atoms with Crippen molar-refractivity contribution < 1.29 is 4.79 Å². The lowest BCUT2D eigenvalue weighted by atomic mass is 10.1. The van der Waals surface area contributed by atoms with E-state index in [4.69, 9.17) is 0 Å². The number of benzene rings is 1. The van der Waals surface area contributed by atoms with E-state index in [0.717, 1.165) is 51.5 Å². The molecule has 3 heterocycles. The number of likely N-dealkylation sites (tertiary alicyclic amines) is 1. The average Bonchev–Trinajstić information content (AvgIpc) is 3.45. The van der Waals surface area contributed by atoms with Crippen molar-refractivity contribution in [3.63, 3.8) is 0 Å². The molecule has 0 bridgehead atoms. The first-order valence-corrected chi connectivity index (χ1v) is 10.9. The molecular formula is C23H31N5O. The van der Waals surface area contributed by atoms with Crippen LogP contribution < -0.4 is 4.90 Å². The van der Waals surface area contributed by atoms with Crippen LogP contribution in [0.2, 0.25) is 0 Å². The maximum absolute atomic E-state index is 13.0. The first-order valence-electron chi connectivity index (χ1n) is 10.9. The number of carbonyl (C=O) groups excluding carboxylic acids is 1. The Bertz CT molecular complexity index is 789. The molecule has 1 aromatic carbocycles. The van der Waals surface area contributed by atoms with Crippen LogP contribution >= 0.6 is 0 Å². The molecule has 0 aliphatic carbocycles. The molecule has 6 nitrogen and oxygen atoms in total. The normalized spacial score (nSPS) is 19.6. The number of amides is 1. The van der Waals surface area contributed by atoms with Gasteiger partial charge in [0.2, 0.25) is 0 Å². The van der Waals surface area contributed by atoms with Gasteiger partial charge in [0.25, 0.3) is 5.91 Å². The van der Waals surface area contributed by atoms with Crippen LogP contribution in [0, 0.1) is 5.92 Å². The van der Waals surface area contributed by atoms with Gasteiger partial charge < -0.3 is 9.80 Å². The summed E-state index contributed by atoms with van der Waals surface area (Å²) >= 11 is 0. The Kier molecular flexibility index (Phi) is 6.39. The maximum atomic E-state index is 13.0. The van der Waals surface area contributed by atoms with E-state index in [1.165, 1.54) is 18.4 Å². The first-order chi connectivity index (χ1) is 14.2. The lowest BCUT2D eigenvalue weighted by Gasteiger charge is -2.24. The highest BCUT2D eigenvalue weighted by atomic mass is 16.2. The summed E-state index contributed by atoms with van der Waals surface area (Å²) in [5, 5.41) is 8.55. The number of nitrogens with zero attached hydrogens (tertiary/aromatic N) is 5. The first kappa shape index (κ1) is 19.8. The van der Waals surface area contributed by atoms with Gasteiger partial charge in [-0.1, -0.05) is 30.3 Å². The maximum Gasteiger partial charge on any atom is 0.274 e. The zero-order valence-electron chi connectivity index (χ0n) is 17.3. The summed E-state index contributed by atoms with van der Waals surface area (Å²) in [6, 6.07) is 14.4. The van der Waals surface area contributed by atoms with Crippen LogP contribution in [0.15, 0.2) is 42.5 Å². The van der Waals surface area contributed by atoms with Gasteiger partial charge in [0.15, 0.2) is 11.5 Å². The highest BCUT2D eigenvalue weighted by molar-refractivity contribution is 5.92. The highest BCUT2D eigenvalue weighted by Crippen LogP contribution is 2.21. The van der Waals surface area contributed by atoms with Crippen molar-refractivity contribution in [2.75, 3.05) is 44.2 Å². The number of rotatable bonds is 7. The minimum absolute atomic E-state index is 0.00511. The summed E-state index contributed by atoms with van der Waals surface area (Å²) in [7, 11) is 0. The molecule has 29 heavy (non-hydrogen) atoms. The van der Waals surface area contributed by atoms with E-state index in [0.29, 0.717) is 18.2 Å². The molecule has 6 heteroatoms. The predicted molar refractivity (Wildman–Crippen MR) is 115 cm³/mol. The monoisotopic (exact) mass is 393 g/mol. The molecular weight excluding hydrogens is 362 g/mol. The van der Waals surface area contributed by atoms with Gasteiger partial charge in [0.05, 0.1) is 0 Å². The Balaban J connectivity index is 1.32. The van der Waals surface area contributed by atoms with Crippen molar-refractivity contribution in [1.29, 1.82) is 0 Å². The molecule has 154 valence electrons. The fourth-order valence-corrected chi connectivity index (χ4v) is 4.43. The van der Waals surface area contributed by atoms with E-state index < -0.39 is 0 Å². The van der Waals surface area contributed by atoms with Crippen molar-refractivity contribution in [3.8, 4) is 0 Å². The largest absolute Gasteiger partial charge is 0.355 e. The van der Waals surface area contributed by atoms with E-state index in [1.54, 1.807) is 0 Å². The molecule has 2 aliphatic heterocycles. The summed E-state index contributed by atoms with van der Waals surface area (Å²) in [6.45, 7) is 8.71. The summed E-state index contributed by atoms with van der Waals surface area (Å²) < 4.78 is 0. The molecule has 1 amide bonds. The molecule has 2 aliphatic rings. The zero-order chi connectivity index (χ0) is 20.1. The number of hydrogen-bond donors (Lipinski definition) is 0. The minimum atomic E-state index is -0.00511. The van der Waals surface area contributed by atoms with Gasteiger partial charge in [-0.2, -0.15) is 0 Å². The Morgan fingerprint density at radius 1 is 1.07 bits per heavy atom. The van der Waals surface area contributed by atoms with Crippen molar-refractivity contribution in [2.24, 2.45) is 5.92 Å². The Morgan fingerprint density at radius 2 is 1.86 bits per heavy atom. The van der Waals surface area contributed by atoms with E-state index in [9.17, 15) is 4.79 Å². The Labute approximate surface area is 173 Å². The highest BCUT2D eigenvalue weighted by Gasteiger charge is 2.27. The Hall–Kier alpha value is -2.47. The molecule has 1 unspecified atom stereocenters. The van der Waals surface area contributed by atoms with Crippen molar-refractivity contribution in [2.45, 2.75) is 32.7 Å². The van der Waals surface area contributed by atoms with E-state index in [1.807, 2.05) is 24.0 Å². The molecule has 2 fully saturated rings. The van der Waals surface area contributed by atoms with Crippen molar-refractivity contribution in [1.82, 2.24) is 20.0 Å². The van der Waals surface area contributed by atoms with Crippen LogP contribution in [0.4, 0.5) is 5.82 Å². The minimum Gasteiger partial charge on any atom is -0.355 e. The van der Waals surface area contributed by atoms with Crippen LogP contribution in [0.5, 0.6) is 0 Å². The lowest BCUT2D eigenvalue weighted by Crippen LogP contribution is -2.36. The third-order valence-electron chi connectivity index (χ3n) is 6.07. The van der Waals surface area contributed by atoms with Crippen LogP contribution in [-0.4, -0.2) is 65.2 Å². The van der Waals surface area contributed by atoms with Crippen LogP contribution in [-0.2, 0) is 6.54 Å². The van der Waals surface area contributed by atoms with Crippen molar-refractivity contribution >= 4 is 11.7 Å². The molecule has 0 radical (unpaired) electrons. The molecule has 2 aromatic rings. The van der Waals surface area contributed by atoms with Gasteiger partial charge in [-0.05, 0) is 56.3 Å². The fourth-order valence-electron chi connectivity index (χ4n) is 4.43. The summed E-state index contributed by atoms with van der Waals surface area (Å²) in [5.74, 6) is 1.39. The number of hydrogen-bond acceptors (Lipinski definition) is 5. The van der Waals surface area contributed by atoms with E-state index >= 15 is 0 Å². The average molecular weight is 394 g/mol. The van der Waals surface area contributed by atoms with Crippen LogP contribution in [0.3, 0.4) is 0 Å². The topological polar surface area (TPSA) is 52.6 Å². The SMILES string of the molecule is CCN(CC1CCN(Cc2ccccc2)C1)C(=O)c1ccc(N2CCCC2)nn1. The summed E-state index contributed by atoms with van der Waals surface area (Å²) in [4.78, 5) is 19.6. The molecule has 1 atom stereocenters. The summed E-state index contributed by atoms with van der Waals surface area (Å²) in [5.41, 5.74) is 1.80. The molecule has 0 saturated carbocycles. The van der Waals surface area contributed by atoms with E-state index in [-0.39, 0.29) is 5.91 Å². The van der Waals surface area contributed by atoms with E-state index in [2.05, 4.69) is 50.3 Å². The van der Waals surface area contributed by atoms with Gasteiger partial charge in [-0.3, -0.25) is 9.69 Å². The molecule has 2 saturated heterocycles. The van der Waals surface area contributed by atoms with Gasteiger partial charge in [0.1, 0.15) is 0 Å². The number of anilines is 1. The number of carbonyl (C=O) groups is 1. The van der Waals surface area contributed by atoms with Gasteiger partial charge in [0, 0.05) is 39.3 Å². The van der Waals surface area contributed by atoms with Gasteiger partial charge in [-0.25, -0.2) is 0 Å². The standard InChI is InChI=1S/C23H31N5O/c1-2-27(18-20-12-15-26(17-20)16-19-8-4-3-5-9-19)23(29)21-10-11-22(25-24-21)28-13-6-7-14-28/h3-5,8-11,20H,2,6-7,12-18H2,1H3. The smallest absolute Gasteiger partial charge is 0.274 e. The molecule has 0 spiro atoms. The fraction of sp³-hybridized carbons (Fsp3) is 0.522. The second-order valence-corrected chi connectivity index (χ2v) is 8.19. The molecule has 4 rings (SSSR count). The lowest BCUT2D eigenvalue weighted by molar-refractivity contribution is 0.0731. The predicted octanol–water partition coefficient (Wildman–Crippen LogP) is 3.06. The van der Waals surface area contributed by atoms with Gasteiger partial charge in [-0.15, -0.1) is 10.2 Å². The zero-order valence-corrected chi connectivity index (χ0v) is 17.3. The molecule has 0 N–H and O–H groups in total. The third kappa shape index (κ3) is 4.93.